The summed E-state index contributed by atoms with van der Waals surface area (Å²) in [6.45, 7) is 0. The van der Waals surface area contributed by atoms with Crippen molar-refractivity contribution >= 4 is 40.4 Å². The second kappa shape index (κ2) is 6.92. The third-order valence-corrected chi connectivity index (χ3v) is 7.20. The monoisotopic (exact) mass is 394 g/mol. The van der Waals surface area contributed by atoms with Gasteiger partial charge in [0.15, 0.2) is 0 Å². The van der Waals surface area contributed by atoms with E-state index >= 15 is 0 Å². The predicted octanol–water partition coefficient (Wildman–Crippen LogP) is 5.08. The number of carbonyl (C=O) groups excluding carboxylic acids is 1. The van der Waals surface area contributed by atoms with Crippen molar-refractivity contribution in [1.29, 1.82) is 0 Å². The van der Waals surface area contributed by atoms with E-state index in [1.54, 1.807) is 6.07 Å². The molecular weight excluding hydrogens is 375 g/mol. The molecule has 2 aromatic rings. The van der Waals surface area contributed by atoms with E-state index in [9.17, 15) is 4.79 Å². The number of benzene rings is 1. The second-order valence-corrected chi connectivity index (χ2v) is 8.87. The topological polar surface area (TPSA) is 32.3 Å². The Labute approximate surface area is 161 Å². The summed E-state index contributed by atoms with van der Waals surface area (Å²) < 4.78 is 0. The highest BCUT2D eigenvalue weighted by atomic mass is 35.5. The van der Waals surface area contributed by atoms with E-state index in [2.05, 4.69) is 5.32 Å². The molecule has 132 valence electrons. The summed E-state index contributed by atoms with van der Waals surface area (Å²) in [4.78, 5) is 16.7. The van der Waals surface area contributed by atoms with Gasteiger partial charge in [-0.05, 0) is 55.5 Å². The van der Waals surface area contributed by atoms with Crippen LogP contribution in [0, 0.1) is 0 Å². The van der Waals surface area contributed by atoms with Gasteiger partial charge in [-0.15, -0.1) is 11.3 Å². The Morgan fingerprint density at radius 2 is 1.84 bits per heavy atom. The lowest BCUT2D eigenvalue weighted by Gasteiger charge is -2.35. The van der Waals surface area contributed by atoms with Gasteiger partial charge in [0.25, 0.3) is 5.91 Å². The summed E-state index contributed by atoms with van der Waals surface area (Å²) in [6, 6.07) is 11.0. The first kappa shape index (κ1) is 17.3. The Hall–Kier alpha value is -1.07. The van der Waals surface area contributed by atoms with Crippen LogP contribution in [0.25, 0.3) is 10.4 Å². The molecule has 4 rings (SSSR count). The predicted molar refractivity (Wildman–Crippen MR) is 105 cm³/mol. The van der Waals surface area contributed by atoms with Gasteiger partial charge in [0.2, 0.25) is 0 Å². The largest absolute Gasteiger partial charge is 0.338 e. The highest BCUT2D eigenvalue weighted by molar-refractivity contribution is 7.17. The molecule has 3 nitrogen and oxygen atoms in total. The van der Waals surface area contributed by atoms with Crippen LogP contribution in [0.5, 0.6) is 0 Å². The van der Waals surface area contributed by atoms with Gasteiger partial charge in [0.05, 0.1) is 14.9 Å². The zero-order valence-corrected chi connectivity index (χ0v) is 16.3. The summed E-state index contributed by atoms with van der Waals surface area (Å²) in [5.41, 5.74) is 0.987. The van der Waals surface area contributed by atoms with Crippen molar-refractivity contribution in [3.05, 3.63) is 45.3 Å². The summed E-state index contributed by atoms with van der Waals surface area (Å²) in [5, 5.41) is 4.70. The Kier molecular flexibility index (Phi) is 4.80. The van der Waals surface area contributed by atoms with Crippen LogP contribution < -0.4 is 5.32 Å². The average molecular weight is 395 g/mol. The van der Waals surface area contributed by atoms with Crippen molar-refractivity contribution in [2.75, 3.05) is 7.05 Å². The number of amides is 1. The highest BCUT2D eigenvalue weighted by Crippen LogP contribution is 2.34. The van der Waals surface area contributed by atoms with Gasteiger partial charge in [0, 0.05) is 30.1 Å². The van der Waals surface area contributed by atoms with Crippen LogP contribution in [-0.2, 0) is 0 Å². The molecule has 0 saturated carbocycles. The summed E-state index contributed by atoms with van der Waals surface area (Å²) in [6.07, 6.45) is 4.60. The molecule has 0 aliphatic carbocycles. The first-order valence-electron chi connectivity index (χ1n) is 8.59. The maximum atomic E-state index is 12.9. The summed E-state index contributed by atoms with van der Waals surface area (Å²) >= 11 is 13.6. The summed E-state index contributed by atoms with van der Waals surface area (Å²) in [7, 11) is 1.94. The molecule has 2 aliphatic heterocycles. The lowest BCUT2D eigenvalue weighted by atomic mass is 9.98. The first-order chi connectivity index (χ1) is 12.0. The maximum absolute atomic E-state index is 12.9. The number of nitrogens with zero attached hydrogens (tertiary/aromatic N) is 1. The van der Waals surface area contributed by atoms with E-state index in [0.717, 1.165) is 28.2 Å². The number of piperidine rings is 1. The van der Waals surface area contributed by atoms with Crippen molar-refractivity contribution < 1.29 is 4.79 Å². The highest BCUT2D eigenvalue weighted by Gasteiger charge is 2.36. The second-order valence-electron chi connectivity index (χ2n) is 6.97. The van der Waals surface area contributed by atoms with E-state index < -0.39 is 0 Å². The van der Waals surface area contributed by atoms with Crippen LogP contribution in [0.1, 0.15) is 35.4 Å². The first-order valence-corrected chi connectivity index (χ1v) is 10.2. The lowest BCUT2D eigenvalue weighted by Crippen LogP contribution is -2.48. The number of fused-ring (bicyclic) bond motifs is 2. The van der Waals surface area contributed by atoms with Crippen molar-refractivity contribution in [2.24, 2.45) is 0 Å². The van der Waals surface area contributed by atoms with Crippen LogP contribution in [0.4, 0.5) is 0 Å². The van der Waals surface area contributed by atoms with E-state index in [0.29, 0.717) is 28.2 Å². The molecule has 3 heterocycles. The Morgan fingerprint density at radius 3 is 2.52 bits per heavy atom. The Bertz CT molecular complexity index is 794. The number of thiophene rings is 1. The third-order valence-electron chi connectivity index (χ3n) is 5.34. The zero-order valence-electron chi connectivity index (χ0n) is 14.0. The van der Waals surface area contributed by atoms with Gasteiger partial charge < -0.3 is 10.2 Å². The minimum absolute atomic E-state index is 0.114. The molecular formula is C19H20Cl2N2OS. The van der Waals surface area contributed by atoms with E-state index in [4.69, 9.17) is 23.2 Å². The van der Waals surface area contributed by atoms with Crippen LogP contribution in [0.2, 0.25) is 10.0 Å². The standard InChI is InChI=1S/C19H20Cl2N2OS/c1-23(14-9-12-3-4-13(10-14)22-12)19(24)18-7-6-17(25-18)11-2-5-15(20)16(21)8-11/h2,5-8,12-14,22H,3-4,9-10H2,1H3. The molecule has 6 heteroatoms. The van der Waals surface area contributed by atoms with Gasteiger partial charge in [-0.2, -0.15) is 0 Å². The quantitative estimate of drug-likeness (QED) is 0.787. The van der Waals surface area contributed by atoms with E-state index in [1.807, 2.05) is 36.2 Å². The van der Waals surface area contributed by atoms with Crippen LogP contribution in [-0.4, -0.2) is 36.0 Å². The smallest absolute Gasteiger partial charge is 0.263 e. The van der Waals surface area contributed by atoms with Gasteiger partial charge in [-0.25, -0.2) is 0 Å². The molecule has 2 fully saturated rings. The maximum Gasteiger partial charge on any atom is 0.263 e. The fourth-order valence-electron chi connectivity index (χ4n) is 3.94. The van der Waals surface area contributed by atoms with Crippen LogP contribution in [0.15, 0.2) is 30.3 Å². The van der Waals surface area contributed by atoms with Gasteiger partial charge in [-0.3, -0.25) is 4.79 Å². The minimum atomic E-state index is 0.114. The summed E-state index contributed by atoms with van der Waals surface area (Å²) in [5.74, 6) is 0.114. The molecule has 2 saturated heterocycles. The normalized spacial score (nSPS) is 25.2. The molecule has 1 aromatic heterocycles. The molecule has 1 aromatic carbocycles. The third kappa shape index (κ3) is 3.45. The van der Waals surface area contributed by atoms with Gasteiger partial charge >= 0.3 is 0 Å². The molecule has 2 aliphatic rings. The average Bonchev–Trinajstić information content (AvgIpc) is 3.22. The van der Waals surface area contributed by atoms with Crippen LogP contribution >= 0.6 is 34.5 Å². The number of halogens is 2. The number of carbonyl (C=O) groups is 1. The molecule has 2 bridgehead atoms. The van der Waals surface area contributed by atoms with E-state index in [-0.39, 0.29) is 5.91 Å². The Morgan fingerprint density at radius 1 is 1.12 bits per heavy atom. The van der Waals surface area contributed by atoms with Gasteiger partial charge in [0.1, 0.15) is 0 Å². The fraction of sp³-hybridized carbons (Fsp3) is 0.421. The molecule has 2 unspecified atom stereocenters. The molecule has 1 N–H and O–H groups in total. The number of hydrogen-bond donors (Lipinski definition) is 1. The SMILES string of the molecule is CN(C(=O)c1ccc(-c2ccc(Cl)c(Cl)c2)s1)C1CC2CCC(C1)N2. The fourth-order valence-corrected chi connectivity index (χ4v) is 5.22. The minimum Gasteiger partial charge on any atom is -0.338 e. The molecule has 25 heavy (non-hydrogen) atoms. The van der Waals surface area contributed by atoms with Crippen molar-refractivity contribution in [3.63, 3.8) is 0 Å². The van der Waals surface area contributed by atoms with Crippen molar-refractivity contribution in [3.8, 4) is 10.4 Å². The van der Waals surface area contributed by atoms with E-state index in [1.165, 1.54) is 24.2 Å². The van der Waals surface area contributed by atoms with Crippen molar-refractivity contribution in [2.45, 2.75) is 43.8 Å². The number of hydrogen-bond acceptors (Lipinski definition) is 3. The zero-order chi connectivity index (χ0) is 17.6. The lowest BCUT2D eigenvalue weighted by molar-refractivity contribution is 0.0686. The number of nitrogens with one attached hydrogen (secondary N) is 1. The molecule has 1 amide bonds. The number of rotatable bonds is 3. The van der Waals surface area contributed by atoms with Crippen LogP contribution in [0.3, 0.4) is 0 Å². The van der Waals surface area contributed by atoms with Crippen molar-refractivity contribution in [1.82, 2.24) is 10.2 Å². The molecule has 0 radical (unpaired) electrons. The Balaban J connectivity index is 1.51. The van der Waals surface area contributed by atoms with Gasteiger partial charge in [-0.1, -0.05) is 29.3 Å². The molecule has 0 spiro atoms. The molecule has 2 atom stereocenters.